The average Bonchev–Trinajstić information content (AvgIpc) is 2.84. The van der Waals surface area contributed by atoms with Gasteiger partial charge >= 0.3 is 0 Å². The average molecular weight is 247 g/mol. The van der Waals surface area contributed by atoms with Crippen LogP contribution in [0.25, 0.3) is 0 Å². The number of rotatable bonds is 3. The van der Waals surface area contributed by atoms with Crippen LogP contribution in [0.1, 0.15) is 43.5 Å². The first-order valence-corrected chi connectivity index (χ1v) is 6.68. The first-order chi connectivity index (χ1) is 8.60. The monoisotopic (exact) mass is 247 g/mol. The molecule has 0 radical (unpaired) electrons. The Morgan fingerprint density at radius 3 is 2.39 bits per heavy atom. The van der Waals surface area contributed by atoms with Crippen molar-refractivity contribution in [3.63, 3.8) is 0 Å². The van der Waals surface area contributed by atoms with Gasteiger partial charge in [0.2, 0.25) is 0 Å². The molecule has 1 aliphatic rings. The Balaban J connectivity index is 2.10. The van der Waals surface area contributed by atoms with E-state index >= 15 is 0 Å². The van der Waals surface area contributed by atoms with Crippen LogP contribution in [0.3, 0.4) is 0 Å². The van der Waals surface area contributed by atoms with E-state index in [2.05, 4.69) is 13.8 Å². The fraction of sp³-hybridized carbons (Fsp3) is 0.533. The number of carbonyl (C=O) groups is 1. The van der Waals surface area contributed by atoms with E-state index in [1.807, 2.05) is 4.90 Å². The number of phenolic OH excluding ortho intramolecular Hbond substituents is 1. The molecule has 0 saturated carbocycles. The molecule has 0 spiro atoms. The summed E-state index contributed by atoms with van der Waals surface area (Å²) >= 11 is 0. The predicted octanol–water partition coefficient (Wildman–Crippen LogP) is 3.04. The fourth-order valence-electron chi connectivity index (χ4n) is 2.72. The van der Waals surface area contributed by atoms with Crippen molar-refractivity contribution in [1.82, 2.24) is 4.90 Å². The van der Waals surface area contributed by atoms with Gasteiger partial charge in [0.15, 0.2) is 0 Å². The summed E-state index contributed by atoms with van der Waals surface area (Å²) in [7, 11) is 0. The van der Waals surface area contributed by atoms with Gasteiger partial charge in [0.1, 0.15) is 5.75 Å². The highest BCUT2D eigenvalue weighted by Crippen LogP contribution is 2.37. The van der Waals surface area contributed by atoms with Crippen molar-refractivity contribution in [3.8, 4) is 5.75 Å². The zero-order valence-electron chi connectivity index (χ0n) is 11.1. The maximum Gasteiger partial charge on any atom is 0.253 e. The summed E-state index contributed by atoms with van der Waals surface area (Å²) in [6.45, 7) is 6.12. The van der Waals surface area contributed by atoms with Crippen LogP contribution in [0.4, 0.5) is 0 Å². The number of carbonyl (C=O) groups excluding carboxylic acids is 1. The van der Waals surface area contributed by atoms with Crippen molar-refractivity contribution >= 4 is 5.91 Å². The number of phenols is 1. The van der Waals surface area contributed by atoms with Crippen LogP contribution in [0.15, 0.2) is 24.3 Å². The summed E-state index contributed by atoms with van der Waals surface area (Å²) in [6, 6.07) is 6.51. The van der Waals surface area contributed by atoms with Gasteiger partial charge in [-0.2, -0.15) is 0 Å². The summed E-state index contributed by atoms with van der Waals surface area (Å²) in [5, 5.41) is 9.24. The summed E-state index contributed by atoms with van der Waals surface area (Å²) in [5.41, 5.74) is 0.975. The largest absolute Gasteiger partial charge is 0.508 e. The number of likely N-dealkylation sites (tertiary alicyclic amines) is 1. The van der Waals surface area contributed by atoms with E-state index in [4.69, 9.17) is 0 Å². The molecular weight excluding hydrogens is 226 g/mol. The molecule has 0 bridgehead atoms. The number of amides is 1. The minimum absolute atomic E-state index is 0.0822. The fourth-order valence-corrected chi connectivity index (χ4v) is 2.72. The van der Waals surface area contributed by atoms with Crippen LogP contribution in [0.5, 0.6) is 5.75 Å². The molecule has 1 aliphatic heterocycles. The molecule has 1 fully saturated rings. The third-order valence-corrected chi connectivity index (χ3v) is 4.34. The van der Waals surface area contributed by atoms with Crippen LogP contribution in [-0.4, -0.2) is 29.0 Å². The lowest BCUT2D eigenvalue weighted by atomic mass is 9.82. The Labute approximate surface area is 108 Å². The van der Waals surface area contributed by atoms with Gasteiger partial charge in [-0.3, -0.25) is 4.79 Å². The van der Waals surface area contributed by atoms with Crippen LogP contribution >= 0.6 is 0 Å². The van der Waals surface area contributed by atoms with Crippen molar-refractivity contribution in [2.24, 2.45) is 5.41 Å². The number of nitrogens with zero attached hydrogens (tertiary/aromatic N) is 1. The zero-order valence-corrected chi connectivity index (χ0v) is 11.1. The molecule has 1 N–H and O–H groups in total. The molecule has 3 heteroatoms. The maximum absolute atomic E-state index is 12.3. The van der Waals surface area contributed by atoms with Crippen LogP contribution in [0.2, 0.25) is 0 Å². The van der Waals surface area contributed by atoms with E-state index in [0.29, 0.717) is 11.0 Å². The molecule has 0 aliphatic carbocycles. The molecule has 3 nitrogen and oxygen atoms in total. The van der Waals surface area contributed by atoms with Crippen molar-refractivity contribution in [2.75, 3.05) is 13.1 Å². The third-order valence-electron chi connectivity index (χ3n) is 4.34. The maximum atomic E-state index is 12.3. The minimum Gasteiger partial charge on any atom is -0.508 e. The normalized spacial score (nSPS) is 18.0. The van der Waals surface area contributed by atoms with Gasteiger partial charge in [0.05, 0.1) is 0 Å². The first kappa shape index (κ1) is 12.9. The molecule has 1 saturated heterocycles. The second-order valence-electron chi connectivity index (χ2n) is 5.23. The van der Waals surface area contributed by atoms with Crippen molar-refractivity contribution in [3.05, 3.63) is 29.8 Å². The van der Waals surface area contributed by atoms with Crippen LogP contribution in [-0.2, 0) is 0 Å². The number of hydrogen-bond acceptors (Lipinski definition) is 2. The van der Waals surface area contributed by atoms with Gasteiger partial charge in [-0.15, -0.1) is 0 Å². The molecule has 18 heavy (non-hydrogen) atoms. The molecule has 98 valence electrons. The molecular formula is C15H21NO2. The second kappa shape index (κ2) is 5.01. The molecule has 0 aromatic heterocycles. The lowest BCUT2D eigenvalue weighted by Gasteiger charge is -2.26. The molecule has 1 aromatic carbocycles. The van der Waals surface area contributed by atoms with Gasteiger partial charge in [0, 0.05) is 18.7 Å². The van der Waals surface area contributed by atoms with Crippen molar-refractivity contribution < 1.29 is 9.90 Å². The highest BCUT2D eigenvalue weighted by molar-refractivity contribution is 5.94. The third kappa shape index (κ3) is 2.35. The molecule has 0 atom stereocenters. The Kier molecular flexibility index (Phi) is 3.60. The lowest BCUT2D eigenvalue weighted by Crippen LogP contribution is -2.31. The van der Waals surface area contributed by atoms with Crippen LogP contribution < -0.4 is 0 Å². The number of aromatic hydroxyl groups is 1. The standard InChI is InChI=1S/C15H21NO2/c1-3-15(4-2)9-10-16(11-15)14(18)12-5-7-13(17)8-6-12/h5-8,17H,3-4,9-11H2,1-2H3. The van der Waals surface area contributed by atoms with Gasteiger partial charge in [-0.05, 0) is 48.9 Å². The highest BCUT2D eigenvalue weighted by Gasteiger charge is 2.37. The number of hydrogen-bond donors (Lipinski definition) is 1. The summed E-state index contributed by atoms with van der Waals surface area (Å²) in [5.74, 6) is 0.281. The van der Waals surface area contributed by atoms with Gasteiger partial charge in [-0.25, -0.2) is 0 Å². The van der Waals surface area contributed by atoms with Crippen LogP contribution in [0, 0.1) is 5.41 Å². The highest BCUT2D eigenvalue weighted by atomic mass is 16.3. The topological polar surface area (TPSA) is 40.5 Å². The van der Waals surface area contributed by atoms with Gasteiger partial charge < -0.3 is 10.0 Å². The second-order valence-corrected chi connectivity index (χ2v) is 5.23. The van der Waals surface area contributed by atoms with E-state index in [1.54, 1.807) is 24.3 Å². The van der Waals surface area contributed by atoms with Crippen molar-refractivity contribution in [1.29, 1.82) is 0 Å². The molecule has 2 rings (SSSR count). The van der Waals surface area contributed by atoms with Crippen molar-refractivity contribution in [2.45, 2.75) is 33.1 Å². The Morgan fingerprint density at radius 1 is 1.28 bits per heavy atom. The van der Waals surface area contributed by atoms with E-state index in [0.717, 1.165) is 32.4 Å². The SMILES string of the molecule is CCC1(CC)CCN(C(=O)c2ccc(O)cc2)C1. The lowest BCUT2D eigenvalue weighted by molar-refractivity contribution is 0.0770. The zero-order chi connectivity index (χ0) is 13.2. The number of benzene rings is 1. The Hall–Kier alpha value is -1.51. The van der Waals surface area contributed by atoms with E-state index < -0.39 is 0 Å². The Morgan fingerprint density at radius 2 is 1.89 bits per heavy atom. The van der Waals surface area contributed by atoms with Gasteiger partial charge in [-0.1, -0.05) is 13.8 Å². The van der Waals surface area contributed by atoms with E-state index in [9.17, 15) is 9.90 Å². The first-order valence-electron chi connectivity index (χ1n) is 6.68. The Bertz CT molecular complexity index is 421. The molecule has 1 heterocycles. The predicted molar refractivity (Wildman–Crippen MR) is 71.6 cm³/mol. The van der Waals surface area contributed by atoms with E-state index in [1.165, 1.54) is 0 Å². The molecule has 1 aromatic rings. The minimum atomic E-state index is 0.0822. The van der Waals surface area contributed by atoms with Gasteiger partial charge in [0.25, 0.3) is 5.91 Å². The van der Waals surface area contributed by atoms with E-state index in [-0.39, 0.29) is 11.7 Å². The molecule has 1 amide bonds. The summed E-state index contributed by atoms with van der Waals surface area (Å²) in [6.07, 6.45) is 3.36. The smallest absolute Gasteiger partial charge is 0.253 e. The molecule has 0 unspecified atom stereocenters. The summed E-state index contributed by atoms with van der Waals surface area (Å²) < 4.78 is 0. The summed E-state index contributed by atoms with van der Waals surface area (Å²) in [4.78, 5) is 14.3. The quantitative estimate of drug-likeness (QED) is 0.891.